The number of fused-ring (bicyclic) bond motifs is 1. The van der Waals surface area contributed by atoms with Crippen LogP contribution in [0.15, 0.2) is 76.3 Å². The van der Waals surface area contributed by atoms with Crippen LogP contribution in [0.25, 0.3) is 11.6 Å². The maximum absolute atomic E-state index is 13.4. The number of carbonyl (C=O) groups excluding carboxylic acids is 1. The first-order chi connectivity index (χ1) is 19.2. The highest BCUT2D eigenvalue weighted by Gasteiger charge is 2.42. The van der Waals surface area contributed by atoms with E-state index >= 15 is 0 Å². The highest BCUT2D eigenvalue weighted by atomic mass is 19.4. The minimum Gasteiger partial charge on any atom is -0.402 e. The minimum atomic E-state index is -4.56. The fourth-order valence-corrected chi connectivity index (χ4v) is 4.56. The second kappa shape index (κ2) is 9.78. The van der Waals surface area contributed by atoms with E-state index in [0.29, 0.717) is 11.4 Å². The molecule has 9 nitrogen and oxygen atoms in total. The van der Waals surface area contributed by atoms with Gasteiger partial charge in [0.15, 0.2) is 5.69 Å². The van der Waals surface area contributed by atoms with Crippen LogP contribution < -0.4 is 16.0 Å². The number of aliphatic imine (C=N–C) groups is 1. The monoisotopic (exact) mass is 547 g/mol. The maximum atomic E-state index is 13.4. The van der Waals surface area contributed by atoms with Crippen LogP contribution >= 0.6 is 0 Å². The summed E-state index contributed by atoms with van der Waals surface area (Å²) in [6.45, 7) is 1.97. The Hall–Kier alpha value is -4.74. The average Bonchev–Trinajstić information content (AvgIpc) is 3.60. The normalized spacial score (nSPS) is 17.8. The lowest BCUT2D eigenvalue weighted by Crippen LogP contribution is -2.32. The van der Waals surface area contributed by atoms with Crippen molar-refractivity contribution in [1.82, 2.24) is 15.2 Å². The van der Waals surface area contributed by atoms with Gasteiger partial charge in [0.25, 0.3) is 11.8 Å². The molecule has 1 amide bonds. The number of anilines is 3. The number of para-hydroxylation sites is 1. The summed E-state index contributed by atoms with van der Waals surface area (Å²) in [6.07, 6.45) is -2.57. The molecular formula is C28H24F3N7O2. The van der Waals surface area contributed by atoms with Crippen LogP contribution in [-0.2, 0) is 11.0 Å². The molecule has 40 heavy (non-hydrogen) atoms. The SMILES string of the molecule is CCC1(Nc2cc(C(F)(F)F)cnc2-c2nnc(N[C@H]3N=C(c4ccccc4)c4ccccc4NC3=O)o2)CC1. The number of alkyl halides is 3. The molecule has 4 aromatic rings. The van der Waals surface area contributed by atoms with E-state index in [-0.39, 0.29) is 28.8 Å². The summed E-state index contributed by atoms with van der Waals surface area (Å²) in [6, 6.07) is 17.6. The number of amides is 1. The molecule has 3 N–H and O–H groups in total. The van der Waals surface area contributed by atoms with Gasteiger partial charge in [-0.2, -0.15) is 13.2 Å². The van der Waals surface area contributed by atoms with Crippen molar-refractivity contribution in [3.05, 3.63) is 83.6 Å². The lowest BCUT2D eigenvalue weighted by molar-refractivity contribution is -0.137. The van der Waals surface area contributed by atoms with Crippen molar-refractivity contribution >= 4 is 29.0 Å². The zero-order valence-corrected chi connectivity index (χ0v) is 21.3. The summed E-state index contributed by atoms with van der Waals surface area (Å²) in [5, 5.41) is 16.9. The lowest BCUT2D eigenvalue weighted by Gasteiger charge is -2.19. The van der Waals surface area contributed by atoms with Crippen molar-refractivity contribution in [1.29, 1.82) is 0 Å². The number of benzene rings is 2. The number of pyridine rings is 1. The minimum absolute atomic E-state index is 0.0828. The van der Waals surface area contributed by atoms with E-state index in [4.69, 9.17) is 4.42 Å². The topological polar surface area (TPSA) is 117 Å². The third kappa shape index (κ3) is 4.99. The van der Waals surface area contributed by atoms with Crippen LogP contribution in [0, 0.1) is 0 Å². The standard InChI is InChI=1S/C28H24F3N7O2/c1-2-27(12-13-27)36-20-14-17(28(29,30)31)15-32-22(20)25-37-38-26(40-25)35-23-24(39)33-19-11-7-6-10-18(19)21(34-23)16-8-4-3-5-9-16/h3-11,14-15,23,36H,2,12-13H2,1H3,(H,33,39)(H,35,38)/t23-/m1/s1. The van der Waals surface area contributed by atoms with Gasteiger partial charge < -0.3 is 20.4 Å². The molecule has 3 heterocycles. The molecule has 1 atom stereocenters. The van der Waals surface area contributed by atoms with Crippen LogP contribution in [0.5, 0.6) is 0 Å². The molecule has 0 radical (unpaired) electrons. The van der Waals surface area contributed by atoms with Gasteiger partial charge >= 0.3 is 12.2 Å². The molecule has 2 aliphatic rings. The Morgan fingerprint density at radius 1 is 1.07 bits per heavy atom. The summed E-state index contributed by atoms with van der Waals surface area (Å²) >= 11 is 0. The molecule has 6 rings (SSSR count). The first kappa shape index (κ1) is 25.5. The summed E-state index contributed by atoms with van der Waals surface area (Å²) in [7, 11) is 0. The molecule has 0 unspecified atom stereocenters. The van der Waals surface area contributed by atoms with Crippen LogP contribution in [0.2, 0.25) is 0 Å². The second-order valence-electron chi connectivity index (χ2n) is 9.71. The van der Waals surface area contributed by atoms with E-state index in [1.54, 1.807) is 6.07 Å². The molecule has 2 aromatic carbocycles. The Bertz CT molecular complexity index is 1600. The molecule has 1 aliphatic heterocycles. The quantitative estimate of drug-likeness (QED) is 0.270. The number of carbonyl (C=O) groups is 1. The average molecular weight is 548 g/mol. The highest BCUT2D eigenvalue weighted by molar-refractivity contribution is 6.19. The number of benzodiazepines with no additional fused rings is 1. The molecule has 2 aromatic heterocycles. The molecule has 1 fully saturated rings. The lowest BCUT2D eigenvalue weighted by atomic mass is 10.0. The Labute approximate surface area is 227 Å². The zero-order valence-electron chi connectivity index (χ0n) is 21.3. The van der Waals surface area contributed by atoms with Gasteiger partial charge in [0, 0.05) is 22.9 Å². The molecule has 0 bridgehead atoms. The number of nitrogens with one attached hydrogen (secondary N) is 3. The Morgan fingerprint density at radius 3 is 2.55 bits per heavy atom. The Kier molecular flexibility index (Phi) is 6.24. The fourth-order valence-electron chi connectivity index (χ4n) is 4.56. The maximum Gasteiger partial charge on any atom is 0.417 e. The number of halogens is 3. The van der Waals surface area contributed by atoms with Crippen LogP contribution in [0.1, 0.15) is 42.9 Å². The van der Waals surface area contributed by atoms with E-state index in [1.165, 1.54) is 0 Å². The number of rotatable bonds is 7. The Morgan fingerprint density at radius 2 is 1.82 bits per heavy atom. The second-order valence-corrected chi connectivity index (χ2v) is 9.71. The van der Waals surface area contributed by atoms with Crippen molar-refractivity contribution in [2.45, 2.75) is 44.1 Å². The van der Waals surface area contributed by atoms with Crippen LogP contribution in [-0.4, -0.2) is 38.5 Å². The molecule has 0 spiro atoms. The van der Waals surface area contributed by atoms with Crippen LogP contribution in [0.4, 0.5) is 30.6 Å². The van der Waals surface area contributed by atoms with E-state index in [0.717, 1.165) is 42.7 Å². The predicted octanol–water partition coefficient (Wildman–Crippen LogP) is 5.73. The zero-order chi connectivity index (χ0) is 27.9. The van der Waals surface area contributed by atoms with Gasteiger partial charge in [0.1, 0.15) is 0 Å². The van der Waals surface area contributed by atoms with Crippen molar-refractivity contribution in [2.24, 2.45) is 4.99 Å². The molecule has 12 heteroatoms. The van der Waals surface area contributed by atoms with E-state index in [2.05, 4.69) is 36.1 Å². The number of hydrogen-bond acceptors (Lipinski definition) is 8. The smallest absolute Gasteiger partial charge is 0.402 e. The third-order valence-electron chi connectivity index (χ3n) is 7.03. The van der Waals surface area contributed by atoms with Gasteiger partial charge in [-0.3, -0.25) is 4.79 Å². The van der Waals surface area contributed by atoms with Crippen molar-refractivity contribution < 1.29 is 22.4 Å². The van der Waals surface area contributed by atoms with Crippen molar-refractivity contribution in [3.8, 4) is 11.6 Å². The van der Waals surface area contributed by atoms with Gasteiger partial charge in [-0.15, -0.1) is 5.10 Å². The van der Waals surface area contributed by atoms with Crippen molar-refractivity contribution in [2.75, 3.05) is 16.0 Å². The fraction of sp³-hybridized carbons (Fsp3) is 0.250. The molecule has 1 aliphatic carbocycles. The highest BCUT2D eigenvalue weighted by Crippen LogP contribution is 2.44. The summed E-state index contributed by atoms with van der Waals surface area (Å²) < 4.78 is 46.1. The van der Waals surface area contributed by atoms with Gasteiger partial charge in [-0.25, -0.2) is 9.98 Å². The van der Waals surface area contributed by atoms with E-state index in [1.807, 2.05) is 55.5 Å². The predicted molar refractivity (Wildman–Crippen MR) is 143 cm³/mol. The van der Waals surface area contributed by atoms with Crippen LogP contribution in [0.3, 0.4) is 0 Å². The molecule has 1 saturated carbocycles. The van der Waals surface area contributed by atoms with Gasteiger partial charge in [-0.1, -0.05) is 60.6 Å². The van der Waals surface area contributed by atoms with Gasteiger partial charge in [0.05, 0.1) is 22.6 Å². The third-order valence-corrected chi connectivity index (χ3v) is 7.03. The first-order valence-electron chi connectivity index (χ1n) is 12.7. The molecule has 0 saturated heterocycles. The summed E-state index contributed by atoms with van der Waals surface area (Å²) in [5.74, 6) is -0.554. The number of aromatic nitrogens is 3. The number of hydrogen-bond donors (Lipinski definition) is 3. The largest absolute Gasteiger partial charge is 0.417 e. The van der Waals surface area contributed by atoms with E-state index in [9.17, 15) is 18.0 Å². The van der Waals surface area contributed by atoms with Gasteiger partial charge in [0.2, 0.25) is 6.17 Å². The Balaban J connectivity index is 1.33. The molecular weight excluding hydrogens is 523 g/mol. The van der Waals surface area contributed by atoms with Gasteiger partial charge in [-0.05, 0) is 31.4 Å². The summed E-state index contributed by atoms with van der Waals surface area (Å²) in [5.41, 5.74) is 1.78. The first-order valence-corrected chi connectivity index (χ1v) is 12.7. The van der Waals surface area contributed by atoms with E-state index < -0.39 is 23.8 Å². The van der Waals surface area contributed by atoms with Crippen molar-refractivity contribution in [3.63, 3.8) is 0 Å². The molecule has 204 valence electrons. The summed E-state index contributed by atoms with van der Waals surface area (Å²) in [4.78, 5) is 21.8. The number of nitrogens with zero attached hydrogens (tertiary/aromatic N) is 4.